The molecule has 1 aromatic rings. The highest BCUT2D eigenvalue weighted by Crippen LogP contribution is 2.36. The Balaban J connectivity index is 0.00000162. The van der Waals surface area contributed by atoms with Crippen molar-refractivity contribution in [2.24, 2.45) is 11.7 Å². The summed E-state index contributed by atoms with van der Waals surface area (Å²) in [5, 5.41) is 0. The molecule has 0 bridgehead atoms. The summed E-state index contributed by atoms with van der Waals surface area (Å²) in [6, 6.07) is 4.59. The van der Waals surface area contributed by atoms with Crippen LogP contribution in [0.4, 0.5) is 4.39 Å². The molecule has 1 aliphatic rings. The van der Waals surface area contributed by atoms with Crippen LogP contribution in [0.1, 0.15) is 43.7 Å². The van der Waals surface area contributed by atoms with E-state index in [2.05, 4.69) is 0 Å². The SMILES string of the molecule is COc1cc(F)ccc1[C@H](N)C1CCCCC1.Cl. The molecule has 0 saturated heterocycles. The van der Waals surface area contributed by atoms with Crippen LogP contribution in [0, 0.1) is 11.7 Å². The Morgan fingerprint density at radius 2 is 1.94 bits per heavy atom. The molecule has 0 aliphatic heterocycles. The van der Waals surface area contributed by atoms with Crippen LogP contribution in [0.15, 0.2) is 18.2 Å². The van der Waals surface area contributed by atoms with Crippen molar-refractivity contribution in [3.05, 3.63) is 29.6 Å². The zero-order chi connectivity index (χ0) is 12.3. The summed E-state index contributed by atoms with van der Waals surface area (Å²) >= 11 is 0. The van der Waals surface area contributed by atoms with Crippen LogP contribution < -0.4 is 10.5 Å². The molecule has 0 spiro atoms. The topological polar surface area (TPSA) is 35.2 Å². The summed E-state index contributed by atoms with van der Waals surface area (Å²) in [4.78, 5) is 0. The van der Waals surface area contributed by atoms with Crippen molar-refractivity contribution >= 4 is 12.4 Å². The number of rotatable bonds is 3. The Morgan fingerprint density at radius 1 is 1.28 bits per heavy atom. The molecule has 0 unspecified atom stereocenters. The molecule has 4 heteroatoms. The van der Waals surface area contributed by atoms with Gasteiger partial charge >= 0.3 is 0 Å². The van der Waals surface area contributed by atoms with Crippen molar-refractivity contribution in [1.82, 2.24) is 0 Å². The second-order valence-corrected chi connectivity index (χ2v) is 4.81. The third-order valence-corrected chi connectivity index (χ3v) is 3.71. The Morgan fingerprint density at radius 3 is 2.56 bits per heavy atom. The normalized spacial score (nSPS) is 17.9. The second kappa shape index (κ2) is 6.95. The Labute approximate surface area is 114 Å². The van der Waals surface area contributed by atoms with Crippen molar-refractivity contribution < 1.29 is 9.13 Å². The third kappa shape index (κ3) is 3.36. The lowest BCUT2D eigenvalue weighted by Gasteiger charge is -2.28. The molecule has 1 saturated carbocycles. The zero-order valence-corrected chi connectivity index (χ0v) is 11.5. The van der Waals surface area contributed by atoms with Crippen LogP contribution in [0.5, 0.6) is 5.75 Å². The first kappa shape index (κ1) is 15.3. The van der Waals surface area contributed by atoms with Gasteiger partial charge in [0.1, 0.15) is 11.6 Å². The third-order valence-electron chi connectivity index (χ3n) is 3.71. The van der Waals surface area contributed by atoms with Crippen LogP contribution in [0.2, 0.25) is 0 Å². The molecule has 18 heavy (non-hydrogen) atoms. The predicted molar refractivity (Wildman–Crippen MR) is 73.7 cm³/mol. The molecule has 2 N–H and O–H groups in total. The van der Waals surface area contributed by atoms with Gasteiger partial charge in [0.2, 0.25) is 0 Å². The summed E-state index contributed by atoms with van der Waals surface area (Å²) in [6.07, 6.45) is 6.15. The van der Waals surface area contributed by atoms with Gasteiger partial charge in [-0.3, -0.25) is 0 Å². The number of methoxy groups -OCH3 is 1. The van der Waals surface area contributed by atoms with Crippen LogP contribution in [-0.2, 0) is 0 Å². The second-order valence-electron chi connectivity index (χ2n) is 4.81. The van der Waals surface area contributed by atoms with Crippen LogP contribution >= 0.6 is 12.4 Å². The number of hydrogen-bond acceptors (Lipinski definition) is 2. The fourth-order valence-corrected chi connectivity index (χ4v) is 2.71. The van der Waals surface area contributed by atoms with E-state index in [4.69, 9.17) is 10.5 Å². The summed E-state index contributed by atoms with van der Waals surface area (Å²) < 4.78 is 18.3. The first-order chi connectivity index (χ1) is 8.22. The lowest BCUT2D eigenvalue weighted by atomic mass is 9.81. The summed E-state index contributed by atoms with van der Waals surface area (Å²) in [6.45, 7) is 0. The highest BCUT2D eigenvalue weighted by Gasteiger charge is 2.24. The highest BCUT2D eigenvalue weighted by atomic mass is 35.5. The van der Waals surface area contributed by atoms with E-state index in [1.165, 1.54) is 44.2 Å². The van der Waals surface area contributed by atoms with E-state index in [0.29, 0.717) is 11.7 Å². The van der Waals surface area contributed by atoms with Crippen molar-refractivity contribution in [3.63, 3.8) is 0 Å². The van der Waals surface area contributed by atoms with Gasteiger partial charge in [0, 0.05) is 17.7 Å². The van der Waals surface area contributed by atoms with E-state index < -0.39 is 0 Å². The molecule has 1 aliphatic carbocycles. The van der Waals surface area contributed by atoms with Crippen LogP contribution in [0.3, 0.4) is 0 Å². The average Bonchev–Trinajstić information content (AvgIpc) is 2.39. The Kier molecular flexibility index (Phi) is 5.89. The van der Waals surface area contributed by atoms with Crippen molar-refractivity contribution in [2.45, 2.75) is 38.1 Å². The molecule has 0 radical (unpaired) electrons. The number of ether oxygens (including phenoxy) is 1. The van der Waals surface area contributed by atoms with Crippen molar-refractivity contribution in [3.8, 4) is 5.75 Å². The molecule has 1 fully saturated rings. The molecule has 2 nitrogen and oxygen atoms in total. The number of hydrogen-bond donors (Lipinski definition) is 1. The number of halogens is 2. The fraction of sp³-hybridized carbons (Fsp3) is 0.571. The van der Waals surface area contributed by atoms with Gasteiger partial charge in [-0.25, -0.2) is 4.39 Å². The summed E-state index contributed by atoms with van der Waals surface area (Å²) in [5.74, 6) is 0.799. The standard InChI is InChI=1S/C14H20FNO.ClH/c1-17-13-9-11(15)7-8-12(13)14(16)10-5-3-2-4-6-10;/h7-10,14H,2-6,16H2,1H3;1H/t14-;/m1./s1. The van der Waals surface area contributed by atoms with Crippen molar-refractivity contribution in [2.75, 3.05) is 7.11 Å². The quantitative estimate of drug-likeness (QED) is 0.908. The van der Waals surface area contributed by atoms with E-state index >= 15 is 0 Å². The summed E-state index contributed by atoms with van der Waals surface area (Å²) in [7, 11) is 1.56. The lowest BCUT2D eigenvalue weighted by molar-refractivity contribution is 0.300. The maximum absolute atomic E-state index is 13.1. The smallest absolute Gasteiger partial charge is 0.126 e. The molecule has 0 aromatic heterocycles. The first-order valence-corrected chi connectivity index (χ1v) is 6.31. The van der Waals surface area contributed by atoms with Gasteiger partial charge in [-0.1, -0.05) is 25.3 Å². The molecule has 1 aromatic carbocycles. The first-order valence-electron chi connectivity index (χ1n) is 6.31. The van der Waals surface area contributed by atoms with E-state index in [-0.39, 0.29) is 24.3 Å². The van der Waals surface area contributed by atoms with Gasteiger partial charge in [0.15, 0.2) is 0 Å². The van der Waals surface area contributed by atoms with Gasteiger partial charge in [0.05, 0.1) is 7.11 Å². The number of nitrogens with two attached hydrogens (primary N) is 1. The van der Waals surface area contributed by atoms with E-state index in [1.54, 1.807) is 13.2 Å². The fourth-order valence-electron chi connectivity index (χ4n) is 2.71. The van der Waals surface area contributed by atoms with Crippen molar-refractivity contribution in [1.29, 1.82) is 0 Å². The molecule has 0 amide bonds. The highest BCUT2D eigenvalue weighted by molar-refractivity contribution is 5.85. The molecule has 0 heterocycles. The molecule has 1 atom stereocenters. The van der Waals surface area contributed by atoms with Gasteiger partial charge < -0.3 is 10.5 Å². The molecular weight excluding hydrogens is 253 g/mol. The number of benzene rings is 1. The maximum atomic E-state index is 13.1. The monoisotopic (exact) mass is 273 g/mol. The van der Waals surface area contributed by atoms with Crippen LogP contribution in [-0.4, -0.2) is 7.11 Å². The minimum absolute atomic E-state index is 0. The summed E-state index contributed by atoms with van der Waals surface area (Å²) in [5.41, 5.74) is 7.23. The molecule has 102 valence electrons. The molecule has 2 rings (SSSR count). The van der Waals surface area contributed by atoms with Gasteiger partial charge in [-0.05, 0) is 24.8 Å². The van der Waals surface area contributed by atoms with Gasteiger partial charge in [-0.2, -0.15) is 0 Å². The average molecular weight is 274 g/mol. The largest absolute Gasteiger partial charge is 0.496 e. The Hall–Kier alpha value is -0.800. The van der Waals surface area contributed by atoms with Gasteiger partial charge in [-0.15, -0.1) is 12.4 Å². The maximum Gasteiger partial charge on any atom is 0.126 e. The molecular formula is C14H21ClFNO. The predicted octanol–water partition coefficient (Wildman–Crippen LogP) is 3.84. The Bertz CT molecular complexity index is 380. The van der Waals surface area contributed by atoms with E-state index in [1.807, 2.05) is 0 Å². The zero-order valence-electron chi connectivity index (χ0n) is 10.7. The lowest BCUT2D eigenvalue weighted by Crippen LogP contribution is -2.24. The minimum atomic E-state index is -0.276. The van der Waals surface area contributed by atoms with E-state index in [0.717, 1.165) is 5.56 Å². The minimum Gasteiger partial charge on any atom is -0.496 e. The van der Waals surface area contributed by atoms with Gasteiger partial charge in [0.25, 0.3) is 0 Å². The van der Waals surface area contributed by atoms with Crippen LogP contribution in [0.25, 0.3) is 0 Å². The van der Waals surface area contributed by atoms with E-state index in [9.17, 15) is 4.39 Å².